The molecule has 0 radical (unpaired) electrons. The van der Waals surface area contributed by atoms with Gasteiger partial charge in [0.25, 0.3) is 0 Å². The number of carboxylic acid groups (broad SMARTS) is 1. The van der Waals surface area contributed by atoms with Crippen LogP contribution in [0.3, 0.4) is 0 Å². The minimum atomic E-state index is -0.839. The van der Waals surface area contributed by atoms with E-state index in [1.807, 2.05) is 41.2 Å². The Morgan fingerprint density at radius 1 is 1.21 bits per heavy atom. The summed E-state index contributed by atoms with van der Waals surface area (Å²) >= 11 is 0. The summed E-state index contributed by atoms with van der Waals surface area (Å²) in [6, 6.07) is 16.1. The van der Waals surface area contributed by atoms with Gasteiger partial charge in [0, 0.05) is 23.7 Å². The lowest BCUT2D eigenvalue weighted by molar-refractivity contribution is -0.137. The zero-order valence-electron chi connectivity index (χ0n) is 16.0. The van der Waals surface area contributed by atoms with Crippen LogP contribution in [0.2, 0.25) is 0 Å². The fourth-order valence-electron chi connectivity index (χ4n) is 2.83. The van der Waals surface area contributed by atoms with Gasteiger partial charge in [-0.3, -0.25) is 4.79 Å². The first-order valence-corrected chi connectivity index (χ1v) is 9.14. The number of aromatic nitrogens is 2. The van der Waals surface area contributed by atoms with E-state index in [0.29, 0.717) is 6.42 Å². The minimum Gasteiger partial charge on any atom is -0.481 e. The largest absolute Gasteiger partial charge is 0.481 e. The van der Waals surface area contributed by atoms with Gasteiger partial charge in [0.1, 0.15) is 12.3 Å². The Bertz CT molecular complexity index is 978. The van der Waals surface area contributed by atoms with E-state index in [4.69, 9.17) is 15.0 Å². The molecule has 0 spiro atoms. The van der Waals surface area contributed by atoms with Gasteiger partial charge in [0.15, 0.2) is 0 Å². The van der Waals surface area contributed by atoms with Gasteiger partial charge in [-0.25, -0.2) is 4.68 Å². The Labute approximate surface area is 164 Å². The zero-order valence-corrected chi connectivity index (χ0v) is 16.0. The molecule has 1 heterocycles. The molecule has 0 amide bonds. The Hall–Kier alpha value is -3.41. The summed E-state index contributed by atoms with van der Waals surface area (Å²) in [5, 5.41) is 17.5. The Balaban J connectivity index is 1.90. The molecule has 0 aliphatic carbocycles. The molecule has 6 nitrogen and oxygen atoms in total. The summed E-state index contributed by atoms with van der Waals surface area (Å²) < 4.78 is 1.82. The van der Waals surface area contributed by atoms with Gasteiger partial charge >= 0.3 is 5.97 Å². The van der Waals surface area contributed by atoms with Crippen LogP contribution in [0.4, 0.5) is 0 Å². The van der Waals surface area contributed by atoms with Crippen LogP contribution in [0.25, 0.3) is 16.9 Å². The average molecular weight is 377 g/mol. The highest BCUT2D eigenvalue weighted by molar-refractivity contribution is 5.89. The highest BCUT2D eigenvalue weighted by atomic mass is 16.6. The molecule has 0 saturated carbocycles. The Kier molecular flexibility index (Phi) is 6.22. The average Bonchev–Trinajstić information content (AvgIpc) is 3.11. The summed E-state index contributed by atoms with van der Waals surface area (Å²) in [4.78, 5) is 15.8. The van der Waals surface area contributed by atoms with Crippen molar-refractivity contribution in [2.75, 3.05) is 6.61 Å². The first-order chi connectivity index (χ1) is 13.5. The summed E-state index contributed by atoms with van der Waals surface area (Å²) in [5.41, 5.74) is 5.93. The van der Waals surface area contributed by atoms with E-state index >= 15 is 0 Å². The highest BCUT2D eigenvalue weighted by Crippen LogP contribution is 2.27. The molecule has 3 rings (SSSR count). The molecule has 0 saturated heterocycles. The number of rotatable bonds is 8. The maximum absolute atomic E-state index is 10.5. The normalized spacial score (nSPS) is 11.1. The van der Waals surface area contributed by atoms with Gasteiger partial charge < -0.3 is 9.94 Å². The SMILES string of the molecule is Cc1ccc(C)c(-c2nn(-c3ccccc3)cc2C=NOCCCC(=O)O)c1. The number of carbonyl (C=O) groups is 1. The fraction of sp³-hybridized carbons (Fsp3) is 0.227. The summed E-state index contributed by atoms with van der Waals surface area (Å²) in [7, 11) is 0. The van der Waals surface area contributed by atoms with Crippen molar-refractivity contribution in [3.05, 3.63) is 71.4 Å². The van der Waals surface area contributed by atoms with Gasteiger partial charge in [-0.05, 0) is 44.0 Å². The second kappa shape index (κ2) is 8.99. The number of nitrogens with zero attached hydrogens (tertiary/aromatic N) is 3. The smallest absolute Gasteiger partial charge is 0.303 e. The molecule has 0 unspecified atom stereocenters. The van der Waals surface area contributed by atoms with Crippen LogP contribution in [0.15, 0.2) is 59.9 Å². The number of hydrogen-bond donors (Lipinski definition) is 1. The van der Waals surface area contributed by atoms with E-state index in [2.05, 4.69) is 37.2 Å². The summed E-state index contributed by atoms with van der Waals surface area (Å²) in [5.74, 6) is -0.839. The van der Waals surface area contributed by atoms with Gasteiger partial charge in [-0.1, -0.05) is 41.1 Å². The van der Waals surface area contributed by atoms with Gasteiger partial charge in [-0.2, -0.15) is 5.10 Å². The summed E-state index contributed by atoms with van der Waals surface area (Å²) in [6.45, 7) is 4.37. The number of aryl methyl sites for hydroxylation is 2. The molecule has 1 aromatic heterocycles. The molecule has 0 atom stereocenters. The third kappa shape index (κ3) is 4.85. The third-order valence-corrected chi connectivity index (χ3v) is 4.30. The van der Waals surface area contributed by atoms with Crippen molar-refractivity contribution in [3.63, 3.8) is 0 Å². The number of carboxylic acids is 1. The molecule has 28 heavy (non-hydrogen) atoms. The molecule has 3 aromatic rings. The first kappa shape index (κ1) is 19.4. The molecule has 144 valence electrons. The van der Waals surface area contributed by atoms with Crippen LogP contribution < -0.4 is 0 Å². The lowest BCUT2D eigenvalue weighted by Crippen LogP contribution is -1.97. The van der Waals surface area contributed by atoms with E-state index in [9.17, 15) is 4.79 Å². The molecule has 1 N–H and O–H groups in total. The number of benzene rings is 2. The lowest BCUT2D eigenvalue weighted by atomic mass is 10.0. The molecule has 0 bridgehead atoms. The van der Waals surface area contributed by atoms with Gasteiger partial charge in [0.2, 0.25) is 0 Å². The van der Waals surface area contributed by atoms with E-state index in [1.165, 1.54) is 0 Å². The molecule has 0 fully saturated rings. The van der Waals surface area contributed by atoms with Crippen LogP contribution >= 0.6 is 0 Å². The number of oxime groups is 1. The van der Waals surface area contributed by atoms with Crippen molar-refractivity contribution in [3.8, 4) is 16.9 Å². The van der Waals surface area contributed by atoms with E-state index < -0.39 is 5.97 Å². The molecule has 0 aliphatic rings. The molecular formula is C22H23N3O3. The van der Waals surface area contributed by atoms with Crippen molar-refractivity contribution in [2.45, 2.75) is 26.7 Å². The van der Waals surface area contributed by atoms with Crippen molar-refractivity contribution in [1.82, 2.24) is 9.78 Å². The quantitative estimate of drug-likeness (QED) is 0.359. The number of aliphatic carboxylic acids is 1. The van der Waals surface area contributed by atoms with Gasteiger partial charge in [0.05, 0.1) is 11.9 Å². The molecule has 0 aliphatic heterocycles. The second-order valence-corrected chi connectivity index (χ2v) is 6.60. The van der Waals surface area contributed by atoms with Crippen molar-refractivity contribution in [2.24, 2.45) is 5.16 Å². The predicted molar refractivity (Wildman–Crippen MR) is 109 cm³/mol. The van der Waals surface area contributed by atoms with Gasteiger partial charge in [-0.15, -0.1) is 0 Å². The van der Waals surface area contributed by atoms with Crippen molar-refractivity contribution in [1.29, 1.82) is 0 Å². The van der Waals surface area contributed by atoms with E-state index in [-0.39, 0.29) is 13.0 Å². The highest BCUT2D eigenvalue weighted by Gasteiger charge is 2.13. The van der Waals surface area contributed by atoms with Crippen LogP contribution in [-0.2, 0) is 9.63 Å². The summed E-state index contributed by atoms with van der Waals surface area (Å²) in [6.07, 6.45) is 4.02. The lowest BCUT2D eigenvalue weighted by Gasteiger charge is -2.05. The second-order valence-electron chi connectivity index (χ2n) is 6.60. The fourth-order valence-corrected chi connectivity index (χ4v) is 2.83. The van der Waals surface area contributed by atoms with Crippen LogP contribution in [0, 0.1) is 13.8 Å². The van der Waals surface area contributed by atoms with Crippen LogP contribution in [0.5, 0.6) is 0 Å². The molecule has 6 heteroatoms. The maximum atomic E-state index is 10.5. The number of hydrogen-bond acceptors (Lipinski definition) is 4. The van der Waals surface area contributed by atoms with E-state index in [0.717, 1.165) is 33.6 Å². The molecular weight excluding hydrogens is 354 g/mol. The van der Waals surface area contributed by atoms with E-state index in [1.54, 1.807) is 6.21 Å². The predicted octanol–water partition coefficient (Wildman–Crippen LogP) is 4.37. The maximum Gasteiger partial charge on any atom is 0.303 e. The van der Waals surface area contributed by atoms with Crippen LogP contribution in [-0.4, -0.2) is 33.7 Å². The monoisotopic (exact) mass is 377 g/mol. The first-order valence-electron chi connectivity index (χ1n) is 9.14. The third-order valence-electron chi connectivity index (χ3n) is 4.30. The standard InChI is InChI=1S/C22H23N3O3/c1-16-10-11-17(2)20(13-16)22-18(14-23-28-12-6-9-21(26)27)15-25(24-22)19-7-4-3-5-8-19/h3-5,7-8,10-11,13-15H,6,9,12H2,1-2H3,(H,26,27). The Morgan fingerprint density at radius 2 is 2.00 bits per heavy atom. The van der Waals surface area contributed by atoms with Crippen molar-refractivity contribution < 1.29 is 14.7 Å². The van der Waals surface area contributed by atoms with Crippen LogP contribution in [0.1, 0.15) is 29.5 Å². The minimum absolute atomic E-state index is 0.0647. The number of para-hydroxylation sites is 1. The molecule has 2 aromatic carbocycles. The zero-order chi connectivity index (χ0) is 19.9. The Morgan fingerprint density at radius 3 is 2.75 bits per heavy atom. The van der Waals surface area contributed by atoms with Crippen molar-refractivity contribution >= 4 is 12.2 Å². The topological polar surface area (TPSA) is 76.7 Å².